The van der Waals surface area contributed by atoms with Crippen LogP contribution >= 0.6 is 24.0 Å². The molecule has 2 N–H and O–H groups in total. The first kappa shape index (κ1) is 22.3. The van der Waals surface area contributed by atoms with Crippen LogP contribution in [0, 0.1) is 0 Å². The molecule has 1 saturated carbocycles. The minimum Gasteiger partial charge on any atom is -0.497 e. The van der Waals surface area contributed by atoms with E-state index in [4.69, 9.17) is 4.74 Å². The second kappa shape index (κ2) is 11.1. The summed E-state index contributed by atoms with van der Waals surface area (Å²) in [5, 5.41) is 7.10. The molecule has 1 aliphatic heterocycles. The average molecular weight is 486 g/mol. The minimum atomic E-state index is 0. The van der Waals surface area contributed by atoms with E-state index in [1.54, 1.807) is 7.11 Å². The lowest BCUT2D eigenvalue weighted by molar-refractivity contribution is 0.197. The molecular weight excluding hydrogens is 451 g/mol. The van der Waals surface area contributed by atoms with Crippen molar-refractivity contribution in [1.82, 2.24) is 15.5 Å². The molecule has 1 atom stereocenters. The smallest absolute Gasteiger partial charge is 0.191 e. The van der Waals surface area contributed by atoms with Gasteiger partial charge in [-0.3, -0.25) is 4.99 Å². The molecule has 2 fully saturated rings. The van der Waals surface area contributed by atoms with E-state index < -0.39 is 0 Å². The van der Waals surface area contributed by atoms with Crippen LogP contribution < -0.4 is 15.4 Å². The van der Waals surface area contributed by atoms with Crippen LogP contribution in [0.15, 0.2) is 29.3 Å². The summed E-state index contributed by atoms with van der Waals surface area (Å²) in [5.41, 5.74) is 1.35. The number of methoxy groups -OCH3 is 1. The number of piperidine rings is 1. The van der Waals surface area contributed by atoms with Crippen molar-refractivity contribution in [3.63, 3.8) is 0 Å². The molecule has 1 aliphatic carbocycles. The maximum atomic E-state index is 5.23. The Hall–Kier alpha value is -1.02. The molecule has 1 unspecified atom stereocenters. The van der Waals surface area contributed by atoms with Crippen molar-refractivity contribution in [2.24, 2.45) is 4.99 Å². The van der Waals surface area contributed by atoms with E-state index in [1.165, 1.54) is 44.3 Å². The van der Waals surface area contributed by atoms with Crippen molar-refractivity contribution in [3.8, 4) is 5.75 Å². The summed E-state index contributed by atoms with van der Waals surface area (Å²) in [6.07, 6.45) is 6.34. The highest BCUT2D eigenvalue weighted by atomic mass is 127. The molecule has 6 heteroatoms. The van der Waals surface area contributed by atoms with Crippen LogP contribution in [-0.2, 0) is 0 Å². The Morgan fingerprint density at radius 1 is 1.19 bits per heavy atom. The Morgan fingerprint density at radius 3 is 2.41 bits per heavy atom. The number of nitrogens with zero attached hydrogens (tertiary/aromatic N) is 2. The van der Waals surface area contributed by atoms with E-state index in [2.05, 4.69) is 39.6 Å². The summed E-state index contributed by atoms with van der Waals surface area (Å²) in [6.45, 7) is 5.66. The number of benzene rings is 1. The van der Waals surface area contributed by atoms with Crippen LogP contribution in [0.5, 0.6) is 5.75 Å². The van der Waals surface area contributed by atoms with Gasteiger partial charge in [0.15, 0.2) is 5.96 Å². The molecule has 1 aromatic rings. The summed E-state index contributed by atoms with van der Waals surface area (Å²) >= 11 is 0. The Balaban J connectivity index is 0.00000261. The predicted molar refractivity (Wildman–Crippen MR) is 124 cm³/mol. The van der Waals surface area contributed by atoms with Crippen molar-refractivity contribution in [3.05, 3.63) is 29.8 Å². The van der Waals surface area contributed by atoms with Gasteiger partial charge in [0.05, 0.1) is 7.11 Å². The summed E-state index contributed by atoms with van der Waals surface area (Å²) in [7, 11) is 3.57. The van der Waals surface area contributed by atoms with Crippen LogP contribution in [0.4, 0.5) is 0 Å². The number of nitrogens with one attached hydrogen (secondary N) is 2. The number of rotatable bonds is 7. The molecule has 0 spiro atoms. The highest BCUT2D eigenvalue weighted by molar-refractivity contribution is 14.0. The van der Waals surface area contributed by atoms with Gasteiger partial charge in [0.25, 0.3) is 0 Å². The SMILES string of the molecule is CN=C(NCCC(C)c1ccc(OC)cc1)NC1CCN(C2CC2)CC1.I. The molecule has 1 heterocycles. The highest BCUT2D eigenvalue weighted by Gasteiger charge is 2.31. The number of ether oxygens (including phenoxy) is 1. The third-order valence-corrected chi connectivity index (χ3v) is 5.71. The standard InChI is InChI=1S/C21H34N4O.HI/c1-16(17-4-8-20(26-3)9-5-17)10-13-23-21(22-2)24-18-11-14-25(15-12-18)19-6-7-19;/h4-5,8-9,16,18-19H,6-7,10-15H2,1-3H3,(H2,22,23,24);1H. The van der Waals surface area contributed by atoms with Crippen LogP contribution in [0.1, 0.15) is 50.5 Å². The van der Waals surface area contributed by atoms with E-state index in [9.17, 15) is 0 Å². The molecular formula is C21H35IN4O. The maximum absolute atomic E-state index is 5.23. The molecule has 0 aromatic heterocycles. The lowest BCUT2D eigenvalue weighted by atomic mass is 9.98. The van der Waals surface area contributed by atoms with Crippen molar-refractivity contribution < 1.29 is 4.74 Å². The third-order valence-electron chi connectivity index (χ3n) is 5.71. The van der Waals surface area contributed by atoms with Crippen LogP contribution in [-0.4, -0.2) is 56.7 Å². The Bertz CT molecular complexity index is 580. The fourth-order valence-corrected chi connectivity index (χ4v) is 3.74. The molecule has 1 aromatic carbocycles. The molecule has 0 bridgehead atoms. The molecule has 2 aliphatic rings. The van der Waals surface area contributed by atoms with Gasteiger partial charge in [0.2, 0.25) is 0 Å². The fraction of sp³-hybridized carbons (Fsp3) is 0.667. The summed E-state index contributed by atoms with van der Waals surface area (Å²) in [5.74, 6) is 2.36. The van der Waals surface area contributed by atoms with Crippen molar-refractivity contribution >= 4 is 29.9 Å². The number of halogens is 1. The highest BCUT2D eigenvalue weighted by Crippen LogP contribution is 2.29. The zero-order chi connectivity index (χ0) is 18.4. The molecule has 152 valence electrons. The first-order valence-corrected chi connectivity index (χ1v) is 10.0. The number of aliphatic imine (C=N–C) groups is 1. The fourth-order valence-electron chi connectivity index (χ4n) is 3.74. The molecule has 0 radical (unpaired) electrons. The number of hydrogen-bond donors (Lipinski definition) is 2. The molecule has 27 heavy (non-hydrogen) atoms. The van der Waals surface area contributed by atoms with Crippen LogP contribution in [0.2, 0.25) is 0 Å². The largest absolute Gasteiger partial charge is 0.497 e. The summed E-state index contributed by atoms with van der Waals surface area (Å²) in [6, 6.07) is 9.83. The van der Waals surface area contributed by atoms with Gasteiger partial charge in [-0.05, 0) is 55.7 Å². The third kappa shape index (κ3) is 6.82. The summed E-state index contributed by atoms with van der Waals surface area (Å²) in [4.78, 5) is 7.06. The second-order valence-electron chi connectivity index (χ2n) is 7.65. The number of likely N-dealkylation sites (tertiary alicyclic amines) is 1. The lowest BCUT2D eigenvalue weighted by Gasteiger charge is -2.33. The van der Waals surface area contributed by atoms with E-state index >= 15 is 0 Å². The zero-order valence-corrected chi connectivity index (χ0v) is 19.2. The second-order valence-corrected chi connectivity index (χ2v) is 7.65. The predicted octanol–water partition coefficient (Wildman–Crippen LogP) is 3.60. The number of hydrogen-bond acceptors (Lipinski definition) is 3. The van der Waals surface area contributed by atoms with Gasteiger partial charge in [-0.25, -0.2) is 0 Å². The van der Waals surface area contributed by atoms with Gasteiger partial charge in [0.1, 0.15) is 5.75 Å². The van der Waals surface area contributed by atoms with Crippen molar-refractivity contribution in [2.75, 3.05) is 33.8 Å². The van der Waals surface area contributed by atoms with Crippen molar-refractivity contribution in [2.45, 2.75) is 57.0 Å². The van der Waals surface area contributed by atoms with Gasteiger partial charge in [-0.2, -0.15) is 0 Å². The van der Waals surface area contributed by atoms with E-state index in [-0.39, 0.29) is 24.0 Å². The maximum Gasteiger partial charge on any atom is 0.191 e. The average Bonchev–Trinajstić information content (AvgIpc) is 3.53. The van der Waals surface area contributed by atoms with E-state index in [0.717, 1.165) is 30.7 Å². The van der Waals surface area contributed by atoms with Gasteiger partial charge >= 0.3 is 0 Å². The van der Waals surface area contributed by atoms with Gasteiger partial charge in [0, 0.05) is 38.8 Å². The van der Waals surface area contributed by atoms with Crippen LogP contribution in [0.25, 0.3) is 0 Å². The van der Waals surface area contributed by atoms with E-state index in [0.29, 0.717) is 12.0 Å². The van der Waals surface area contributed by atoms with Crippen LogP contribution in [0.3, 0.4) is 0 Å². The summed E-state index contributed by atoms with van der Waals surface area (Å²) < 4.78 is 5.23. The quantitative estimate of drug-likeness (QED) is 0.352. The molecule has 0 amide bonds. The molecule has 5 nitrogen and oxygen atoms in total. The molecule has 1 saturated heterocycles. The van der Waals surface area contributed by atoms with E-state index in [1.807, 2.05) is 19.2 Å². The topological polar surface area (TPSA) is 48.9 Å². The first-order chi connectivity index (χ1) is 12.7. The normalized spacial score (nSPS) is 19.9. The number of guanidine groups is 1. The van der Waals surface area contributed by atoms with Crippen molar-refractivity contribution in [1.29, 1.82) is 0 Å². The Labute approximate surface area is 181 Å². The van der Waals surface area contributed by atoms with Gasteiger partial charge < -0.3 is 20.3 Å². The lowest BCUT2D eigenvalue weighted by Crippen LogP contribution is -2.49. The monoisotopic (exact) mass is 486 g/mol. The minimum absolute atomic E-state index is 0. The Kier molecular flexibility index (Phi) is 9.15. The van der Waals surface area contributed by atoms with Gasteiger partial charge in [-0.1, -0.05) is 19.1 Å². The first-order valence-electron chi connectivity index (χ1n) is 10.0. The molecule has 3 rings (SSSR count). The Morgan fingerprint density at radius 2 is 1.85 bits per heavy atom. The zero-order valence-electron chi connectivity index (χ0n) is 16.9. The van der Waals surface area contributed by atoms with Gasteiger partial charge in [-0.15, -0.1) is 24.0 Å².